The van der Waals surface area contributed by atoms with Crippen LogP contribution in [0.25, 0.3) is 0 Å². The first-order valence-corrected chi connectivity index (χ1v) is 11.6. The normalized spacial score (nSPS) is 18.9. The number of carbonyl (C=O) groups excluding carboxylic acids is 2. The number of para-hydroxylation sites is 1. The summed E-state index contributed by atoms with van der Waals surface area (Å²) in [6, 6.07) is 14.4. The molecule has 0 aromatic heterocycles. The third-order valence-electron chi connectivity index (χ3n) is 6.21. The van der Waals surface area contributed by atoms with Gasteiger partial charge in [0.05, 0.1) is 5.92 Å². The average molecular weight is 492 g/mol. The van der Waals surface area contributed by atoms with E-state index in [-0.39, 0.29) is 35.2 Å². The topological polar surface area (TPSA) is 114 Å². The van der Waals surface area contributed by atoms with Crippen LogP contribution in [-0.4, -0.2) is 18.3 Å². The molecule has 2 aliphatic rings. The van der Waals surface area contributed by atoms with E-state index >= 15 is 0 Å². The van der Waals surface area contributed by atoms with Crippen molar-refractivity contribution >= 4 is 29.0 Å². The van der Waals surface area contributed by atoms with Gasteiger partial charge in [0.1, 0.15) is 23.2 Å². The Bertz CT molecular complexity index is 1320. The number of hydrogen-bond acceptors (Lipinski definition) is 6. The fourth-order valence-corrected chi connectivity index (χ4v) is 4.69. The maximum atomic E-state index is 13.2. The highest BCUT2D eigenvalue weighted by Gasteiger charge is 2.43. The molecule has 7 nitrogen and oxygen atoms in total. The zero-order valence-electron chi connectivity index (χ0n) is 19.8. The van der Waals surface area contributed by atoms with Crippen molar-refractivity contribution in [1.82, 2.24) is 0 Å². The van der Waals surface area contributed by atoms with Crippen molar-refractivity contribution in [2.75, 3.05) is 11.9 Å². The molecule has 0 spiro atoms. The summed E-state index contributed by atoms with van der Waals surface area (Å²) >= 11 is 6.14. The van der Waals surface area contributed by atoms with Crippen LogP contribution < -0.4 is 15.8 Å². The highest BCUT2D eigenvalue weighted by molar-refractivity contribution is 6.31. The van der Waals surface area contributed by atoms with Gasteiger partial charge in [0.25, 0.3) is 5.91 Å². The SMILES string of the molecule is Cc1c(Cl)cccc1NC(=O)COc1ccccc1C1C(C#N)=C(N)OC2=C1C(=O)CC(C)(C)C2. The van der Waals surface area contributed by atoms with Crippen LogP contribution >= 0.6 is 11.6 Å². The van der Waals surface area contributed by atoms with Crippen molar-refractivity contribution in [2.24, 2.45) is 11.1 Å². The Kier molecular flexibility index (Phi) is 6.60. The molecule has 1 amide bonds. The van der Waals surface area contributed by atoms with Gasteiger partial charge >= 0.3 is 0 Å². The summed E-state index contributed by atoms with van der Waals surface area (Å²) in [7, 11) is 0. The van der Waals surface area contributed by atoms with Crippen molar-refractivity contribution in [2.45, 2.75) is 39.5 Å². The van der Waals surface area contributed by atoms with E-state index in [1.807, 2.05) is 20.8 Å². The molecule has 1 aliphatic carbocycles. The number of carbonyl (C=O) groups is 2. The molecular formula is C27H26ClN3O4. The Morgan fingerprint density at radius 1 is 1.26 bits per heavy atom. The lowest BCUT2D eigenvalue weighted by molar-refractivity contribution is -0.119. The molecule has 0 saturated carbocycles. The molecule has 35 heavy (non-hydrogen) atoms. The lowest BCUT2D eigenvalue weighted by Crippen LogP contribution is -2.33. The lowest BCUT2D eigenvalue weighted by Gasteiger charge is -2.37. The van der Waals surface area contributed by atoms with Crippen LogP contribution in [0.3, 0.4) is 0 Å². The molecule has 0 fully saturated rings. The summed E-state index contributed by atoms with van der Waals surface area (Å²) in [6.07, 6.45) is 0.850. The third kappa shape index (κ3) is 4.89. The predicted octanol–water partition coefficient (Wildman–Crippen LogP) is 5.12. The molecular weight excluding hydrogens is 466 g/mol. The zero-order chi connectivity index (χ0) is 25.3. The van der Waals surface area contributed by atoms with Crippen LogP contribution in [0, 0.1) is 23.7 Å². The molecule has 1 atom stereocenters. The quantitative estimate of drug-likeness (QED) is 0.600. The molecule has 1 unspecified atom stereocenters. The average Bonchev–Trinajstić information content (AvgIpc) is 2.79. The second-order valence-electron chi connectivity index (χ2n) is 9.49. The summed E-state index contributed by atoms with van der Waals surface area (Å²) in [6.45, 7) is 5.52. The summed E-state index contributed by atoms with van der Waals surface area (Å²) in [5, 5.41) is 13.2. The van der Waals surface area contributed by atoms with Gasteiger partial charge in [0.15, 0.2) is 12.4 Å². The molecule has 180 valence electrons. The Labute approximate surface area is 209 Å². The van der Waals surface area contributed by atoms with Crippen LogP contribution in [-0.2, 0) is 14.3 Å². The van der Waals surface area contributed by atoms with Crippen molar-refractivity contribution in [3.63, 3.8) is 0 Å². The number of ketones is 1. The first-order chi connectivity index (χ1) is 16.6. The van der Waals surface area contributed by atoms with E-state index < -0.39 is 5.92 Å². The standard InChI is InChI=1S/C27H26ClN3O4/c1-15-18(28)8-6-9-19(15)31-23(33)14-34-21-10-5-4-7-16(21)24-17(13-29)26(30)35-22-12-27(2,3)11-20(32)25(22)24/h4-10,24H,11-12,14,30H2,1-3H3,(H,31,33). The van der Waals surface area contributed by atoms with Gasteiger partial charge in [-0.3, -0.25) is 9.59 Å². The number of amides is 1. The number of nitrogens with two attached hydrogens (primary N) is 1. The molecule has 0 bridgehead atoms. The maximum Gasteiger partial charge on any atom is 0.262 e. The number of anilines is 1. The molecule has 4 rings (SSSR count). The minimum Gasteiger partial charge on any atom is -0.483 e. The fourth-order valence-electron chi connectivity index (χ4n) is 4.52. The molecule has 0 saturated heterocycles. The van der Waals surface area contributed by atoms with Crippen LogP contribution in [0.4, 0.5) is 5.69 Å². The number of Topliss-reactive ketones (excluding diaryl/α,β-unsaturated/α-hetero) is 1. The summed E-state index contributed by atoms with van der Waals surface area (Å²) < 4.78 is 11.6. The van der Waals surface area contributed by atoms with E-state index in [1.165, 1.54) is 0 Å². The highest BCUT2D eigenvalue weighted by Crippen LogP contribution is 2.49. The number of rotatable bonds is 5. The number of ether oxygens (including phenoxy) is 2. The van der Waals surface area contributed by atoms with Gasteiger partial charge in [0.2, 0.25) is 5.88 Å². The number of benzene rings is 2. The molecule has 2 aromatic carbocycles. The van der Waals surface area contributed by atoms with E-state index in [1.54, 1.807) is 42.5 Å². The van der Waals surface area contributed by atoms with Crippen LogP contribution in [0.2, 0.25) is 5.02 Å². The Hall–Kier alpha value is -3.76. The minimum absolute atomic E-state index is 0.0225. The molecule has 3 N–H and O–H groups in total. The number of halogens is 1. The van der Waals surface area contributed by atoms with Gasteiger partial charge in [-0.15, -0.1) is 0 Å². The molecule has 1 heterocycles. The van der Waals surface area contributed by atoms with Crippen molar-refractivity contribution in [3.05, 3.63) is 81.4 Å². The van der Waals surface area contributed by atoms with Gasteiger partial charge in [-0.25, -0.2) is 0 Å². The number of hydrogen-bond donors (Lipinski definition) is 2. The zero-order valence-corrected chi connectivity index (χ0v) is 20.5. The van der Waals surface area contributed by atoms with Gasteiger partial charge in [-0.2, -0.15) is 5.26 Å². The lowest BCUT2D eigenvalue weighted by atomic mass is 9.70. The van der Waals surface area contributed by atoms with Crippen LogP contribution in [0.5, 0.6) is 5.75 Å². The third-order valence-corrected chi connectivity index (χ3v) is 6.62. The van der Waals surface area contributed by atoms with E-state index in [4.69, 9.17) is 26.8 Å². The minimum atomic E-state index is -0.734. The van der Waals surface area contributed by atoms with Crippen molar-refractivity contribution < 1.29 is 19.1 Å². The van der Waals surface area contributed by atoms with E-state index in [0.717, 1.165) is 5.56 Å². The van der Waals surface area contributed by atoms with Crippen molar-refractivity contribution in [3.8, 4) is 11.8 Å². The number of nitrogens with zero attached hydrogens (tertiary/aromatic N) is 1. The second kappa shape index (κ2) is 9.47. The van der Waals surface area contributed by atoms with Crippen LogP contribution in [0.15, 0.2) is 65.3 Å². The molecule has 1 aliphatic heterocycles. The monoisotopic (exact) mass is 491 g/mol. The van der Waals surface area contributed by atoms with Gasteiger partial charge in [-0.05, 0) is 36.1 Å². The predicted molar refractivity (Wildman–Crippen MR) is 132 cm³/mol. The van der Waals surface area contributed by atoms with Gasteiger partial charge in [0, 0.05) is 34.7 Å². The van der Waals surface area contributed by atoms with E-state index in [0.29, 0.717) is 46.2 Å². The summed E-state index contributed by atoms with van der Waals surface area (Å²) in [5.74, 6) is -0.361. The Balaban J connectivity index is 1.64. The fraction of sp³-hybridized carbons (Fsp3) is 0.296. The van der Waals surface area contributed by atoms with Crippen molar-refractivity contribution in [1.29, 1.82) is 5.26 Å². The highest BCUT2D eigenvalue weighted by atomic mass is 35.5. The summed E-state index contributed by atoms with van der Waals surface area (Å²) in [4.78, 5) is 25.8. The molecule has 0 radical (unpaired) electrons. The number of nitriles is 1. The summed E-state index contributed by atoms with van der Waals surface area (Å²) in [5.41, 5.74) is 8.32. The number of nitrogens with one attached hydrogen (secondary N) is 1. The van der Waals surface area contributed by atoms with E-state index in [9.17, 15) is 14.9 Å². The first kappa shape index (κ1) is 24.4. The van der Waals surface area contributed by atoms with Crippen LogP contribution in [0.1, 0.15) is 43.7 Å². The first-order valence-electron chi connectivity index (χ1n) is 11.2. The second-order valence-corrected chi connectivity index (χ2v) is 9.90. The van der Waals surface area contributed by atoms with Gasteiger partial charge < -0.3 is 20.5 Å². The Morgan fingerprint density at radius 2 is 2.00 bits per heavy atom. The maximum absolute atomic E-state index is 13.2. The number of allylic oxidation sites excluding steroid dienone is 3. The molecule has 2 aromatic rings. The smallest absolute Gasteiger partial charge is 0.262 e. The van der Waals surface area contributed by atoms with E-state index in [2.05, 4.69) is 11.4 Å². The molecule has 8 heteroatoms. The Morgan fingerprint density at radius 3 is 2.74 bits per heavy atom. The van der Waals surface area contributed by atoms with Gasteiger partial charge in [-0.1, -0.05) is 49.7 Å². The largest absolute Gasteiger partial charge is 0.483 e.